The second kappa shape index (κ2) is 9.78. The number of esters is 1. The zero-order chi connectivity index (χ0) is 21.7. The van der Waals surface area contributed by atoms with Gasteiger partial charge in [-0.25, -0.2) is 13.2 Å². The highest BCUT2D eigenvalue weighted by Crippen LogP contribution is 2.27. The van der Waals surface area contributed by atoms with E-state index in [4.69, 9.17) is 4.74 Å². The second-order valence-electron chi connectivity index (χ2n) is 7.82. The molecule has 166 valence electrons. The van der Waals surface area contributed by atoms with Crippen LogP contribution in [0.3, 0.4) is 0 Å². The third-order valence-electron chi connectivity index (χ3n) is 5.71. The first-order valence-electron chi connectivity index (χ1n) is 10.7. The molecule has 9 heteroatoms. The molecule has 2 aliphatic rings. The maximum Gasteiger partial charge on any atom is 0.354 e. The first kappa shape index (κ1) is 22.6. The number of nitrogens with one attached hydrogen (secondary N) is 1. The minimum Gasteiger partial charge on any atom is -0.461 e. The van der Waals surface area contributed by atoms with Crippen LogP contribution in [0.5, 0.6) is 0 Å². The molecule has 0 bridgehead atoms. The summed E-state index contributed by atoms with van der Waals surface area (Å²) in [4.78, 5) is 24.8. The molecule has 1 aromatic heterocycles. The van der Waals surface area contributed by atoms with E-state index in [2.05, 4.69) is 11.4 Å². The van der Waals surface area contributed by atoms with E-state index < -0.39 is 22.0 Å². The molecule has 1 saturated heterocycles. The van der Waals surface area contributed by atoms with Crippen LogP contribution in [0.2, 0.25) is 0 Å². The normalized spacial score (nSPS) is 20.1. The summed E-state index contributed by atoms with van der Waals surface area (Å²) < 4.78 is 34.0. The van der Waals surface area contributed by atoms with Gasteiger partial charge in [0, 0.05) is 26.3 Å². The van der Waals surface area contributed by atoms with E-state index >= 15 is 0 Å². The Kier molecular flexibility index (Phi) is 7.36. The van der Waals surface area contributed by atoms with E-state index in [1.807, 2.05) is 0 Å². The largest absolute Gasteiger partial charge is 0.461 e. The number of carbonyl (C=O) groups is 2. The van der Waals surface area contributed by atoms with Gasteiger partial charge in [0.15, 0.2) is 0 Å². The molecule has 1 fully saturated rings. The van der Waals surface area contributed by atoms with Crippen molar-refractivity contribution in [2.24, 2.45) is 7.05 Å². The molecular formula is C21H31N3O5S. The third-order valence-corrected chi connectivity index (χ3v) is 7.58. The summed E-state index contributed by atoms with van der Waals surface area (Å²) in [7, 11) is -2.30. The summed E-state index contributed by atoms with van der Waals surface area (Å²) in [6.45, 7) is 2.71. The van der Waals surface area contributed by atoms with Gasteiger partial charge in [0.25, 0.3) is 0 Å². The lowest BCUT2D eigenvalue weighted by molar-refractivity contribution is -0.124. The molecule has 30 heavy (non-hydrogen) atoms. The van der Waals surface area contributed by atoms with Gasteiger partial charge in [-0.2, -0.15) is 4.31 Å². The summed E-state index contributed by atoms with van der Waals surface area (Å²) in [5.74, 6) is -0.830. The van der Waals surface area contributed by atoms with Crippen LogP contribution in [0.1, 0.15) is 62.4 Å². The summed E-state index contributed by atoms with van der Waals surface area (Å²) in [5, 5.41) is 2.91. The Hall–Kier alpha value is -2.13. The highest BCUT2D eigenvalue weighted by molar-refractivity contribution is 7.89. The van der Waals surface area contributed by atoms with Gasteiger partial charge in [0.05, 0.1) is 6.61 Å². The molecular weight excluding hydrogens is 406 g/mol. The van der Waals surface area contributed by atoms with Crippen LogP contribution in [-0.2, 0) is 26.6 Å². The lowest BCUT2D eigenvalue weighted by atomic mass is 9.97. The fourth-order valence-corrected chi connectivity index (χ4v) is 5.83. The predicted octanol–water partition coefficient (Wildman–Crippen LogP) is 2.36. The van der Waals surface area contributed by atoms with Crippen LogP contribution in [0, 0.1) is 0 Å². The van der Waals surface area contributed by atoms with E-state index in [0.717, 1.165) is 19.3 Å². The van der Waals surface area contributed by atoms with E-state index in [9.17, 15) is 18.0 Å². The zero-order valence-electron chi connectivity index (χ0n) is 17.7. The zero-order valence-corrected chi connectivity index (χ0v) is 18.5. The Morgan fingerprint density at radius 1 is 1.27 bits per heavy atom. The van der Waals surface area contributed by atoms with Crippen LogP contribution in [0.15, 0.2) is 28.8 Å². The molecule has 1 aliphatic carbocycles. The molecule has 1 aliphatic heterocycles. The van der Waals surface area contributed by atoms with E-state index in [1.54, 1.807) is 14.0 Å². The number of allylic oxidation sites excluding steroid dienone is 1. The molecule has 1 amide bonds. The number of hydrogen-bond acceptors (Lipinski definition) is 5. The van der Waals surface area contributed by atoms with Crippen LogP contribution in [-0.4, -0.2) is 54.9 Å². The number of aryl methyl sites for hydroxylation is 1. The summed E-state index contributed by atoms with van der Waals surface area (Å²) in [5.41, 5.74) is 1.53. The Balaban J connectivity index is 1.67. The molecule has 0 radical (unpaired) electrons. The first-order valence-corrected chi connectivity index (χ1v) is 12.1. The van der Waals surface area contributed by atoms with Crippen molar-refractivity contribution in [1.82, 2.24) is 14.2 Å². The molecule has 0 spiro atoms. The number of rotatable bonds is 8. The molecule has 1 N–H and O–H groups in total. The number of ether oxygens (including phenoxy) is 1. The molecule has 1 unspecified atom stereocenters. The van der Waals surface area contributed by atoms with Gasteiger partial charge in [-0.05, 0) is 57.9 Å². The summed E-state index contributed by atoms with van der Waals surface area (Å²) in [6, 6.07) is 0.595. The fraction of sp³-hybridized carbons (Fsp3) is 0.619. The molecule has 3 rings (SSSR count). The van der Waals surface area contributed by atoms with E-state index in [-0.39, 0.29) is 29.6 Å². The number of sulfonamides is 1. The highest BCUT2D eigenvalue weighted by atomic mass is 32.2. The molecule has 2 heterocycles. The maximum atomic E-state index is 13.2. The quantitative estimate of drug-likeness (QED) is 0.497. The van der Waals surface area contributed by atoms with E-state index in [1.165, 1.54) is 39.6 Å². The minimum absolute atomic E-state index is 0.000106. The van der Waals surface area contributed by atoms with Gasteiger partial charge in [-0.15, -0.1) is 0 Å². The monoisotopic (exact) mass is 437 g/mol. The number of nitrogens with zero attached hydrogens (tertiary/aromatic N) is 2. The average Bonchev–Trinajstić information content (AvgIpc) is 3.36. The fourth-order valence-electron chi connectivity index (χ4n) is 4.10. The summed E-state index contributed by atoms with van der Waals surface area (Å²) >= 11 is 0. The number of aromatic nitrogens is 1. The standard InChI is InChI=1S/C21H31N3O5S/c1-3-29-21(26)19-14-17(15-23(19)2)30(27,28)24-13-7-10-18(24)20(25)22-12-11-16-8-5-4-6-9-16/h8,14-15,18H,3-7,9-13H2,1-2H3,(H,22,25). The molecule has 0 saturated carbocycles. The molecule has 8 nitrogen and oxygen atoms in total. The topological polar surface area (TPSA) is 97.7 Å². The van der Waals surface area contributed by atoms with Crippen LogP contribution >= 0.6 is 0 Å². The van der Waals surface area contributed by atoms with Crippen molar-refractivity contribution in [1.29, 1.82) is 0 Å². The molecule has 0 aromatic carbocycles. The van der Waals surface area contributed by atoms with Gasteiger partial charge in [0.2, 0.25) is 15.9 Å². The van der Waals surface area contributed by atoms with Crippen molar-refractivity contribution >= 4 is 21.9 Å². The number of hydrogen-bond donors (Lipinski definition) is 1. The Labute approximate surface area is 178 Å². The number of amides is 1. The Morgan fingerprint density at radius 3 is 2.77 bits per heavy atom. The van der Waals surface area contributed by atoms with Crippen LogP contribution < -0.4 is 5.32 Å². The smallest absolute Gasteiger partial charge is 0.354 e. The van der Waals surface area contributed by atoms with E-state index in [0.29, 0.717) is 19.4 Å². The van der Waals surface area contributed by atoms with Gasteiger partial charge in [0.1, 0.15) is 16.6 Å². The van der Waals surface area contributed by atoms with Crippen molar-refractivity contribution in [2.45, 2.75) is 62.8 Å². The van der Waals surface area contributed by atoms with Gasteiger partial charge < -0.3 is 14.6 Å². The van der Waals surface area contributed by atoms with Gasteiger partial charge in [-0.3, -0.25) is 4.79 Å². The third kappa shape index (κ3) is 4.95. The van der Waals surface area contributed by atoms with Crippen LogP contribution in [0.4, 0.5) is 0 Å². The average molecular weight is 438 g/mol. The maximum absolute atomic E-state index is 13.2. The first-order chi connectivity index (χ1) is 14.3. The minimum atomic E-state index is -3.90. The SMILES string of the molecule is CCOC(=O)c1cc(S(=O)(=O)N2CCCC2C(=O)NCCC2=CCCCC2)cn1C. The van der Waals surface area contributed by atoms with Crippen molar-refractivity contribution in [3.05, 3.63) is 29.6 Å². The summed E-state index contributed by atoms with van der Waals surface area (Å²) in [6.07, 6.45) is 10.2. The van der Waals surface area contributed by atoms with Gasteiger partial charge >= 0.3 is 5.97 Å². The second-order valence-corrected chi connectivity index (χ2v) is 9.71. The predicted molar refractivity (Wildman–Crippen MR) is 112 cm³/mol. The lowest BCUT2D eigenvalue weighted by Gasteiger charge is -2.23. The Bertz CT molecular complexity index is 919. The molecule has 1 aromatic rings. The van der Waals surface area contributed by atoms with Gasteiger partial charge in [-0.1, -0.05) is 11.6 Å². The van der Waals surface area contributed by atoms with Crippen molar-refractivity contribution < 1.29 is 22.7 Å². The Morgan fingerprint density at radius 2 is 2.07 bits per heavy atom. The van der Waals surface area contributed by atoms with Crippen molar-refractivity contribution in [2.75, 3.05) is 19.7 Å². The number of carbonyl (C=O) groups excluding carboxylic acids is 2. The van der Waals surface area contributed by atoms with Crippen molar-refractivity contribution in [3.8, 4) is 0 Å². The van der Waals surface area contributed by atoms with Crippen LogP contribution in [0.25, 0.3) is 0 Å². The lowest BCUT2D eigenvalue weighted by Crippen LogP contribution is -2.46. The van der Waals surface area contributed by atoms with Crippen molar-refractivity contribution in [3.63, 3.8) is 0 Å². The highest BCUT2D eigenvalue weighted by Gasteiger charge is 2.40. The molecule has 1 atom stereocenters.